The second-order valence-electron chi connectivity index (χ2n) is 14.6. The Bertz CT molecular complexity index is 1360. The van der Waals surface area contributed by atoms with Gasteiger partial charge < -0.3 is 40.0 Å². The zero-order valence-electron chi connectivity index (χ0n) is 29.6. The molecule has 6 heterocycles. The normalized spacial score (nSPS) is 29.6. The first-order valence-electron chi connectivity index (χ1n) is 19.0. The fraction of sp³-hybridized carbons (Fsp3) is 0.800. The Balaban J connectivity index is 1.11. The Labute approximate surface area is 294 Å². The van der Waals surface area contributed by atoms with E-state index in [2.05, 4.69) is 10.6 Å². The molecule has 0 spiro atoms. The molecule has 8 amide bonds. The van der Waals surface area contributed by atoms with Crippen LogP contribution in [0.25, 0.3) is 0 Å². The van der Waals surface area contributed by atoms with Gasteiger partial charge in [0.25, 0.3) is 0 Å². The molecule has 0 aromatic heterocycles. The van der Waals surface area contributed by atoms with E-state index >= 15 is 0 Å². The third kappa shape index (κ3) is 6.75. The molecule has 6 saturated heterocycles. The van der Waals surface area contributed by atoms with E-state index in [1.165, 1.54) is 7.05 Å². The van der Waals surface area contributed by atoms with Gasteiger partial charge in [0.1, 0.15) is 36.3 Å². The third-order valence-electron chi connectivity index (χ3n) is 11.7. The van der Waals surface area contributed by atoms with Gasteiger partial charge in [0.15, 0.2) is 0 Å². The molecule has 6 aliphatic rings. The van der Waals surface area contributed by atoms with Crippen LogP contribution < -0.4 is 10.6 Å². The van der Waals surface area contributed by atoms with E-state index in [1.807, 2.05) is 6.92 Å². The van der Waals surface area contributed by atoms with Gasteiger partial charge in [0.05, 0.1) is 0 Å². The molecule has 6 atom stereocenters. The van der Waals surface area contributed by atoms with Crippen molar-refractivity contribution in [1.82, 2.24) is 40.0 Å². The zero-order valence-corrected chi connectivity index (χ0v) is 29.6. The lowest BCUT2D eigenvalue weighted by Crippen LogP contribution is -2.58. The van der Waals surface area contributed by atoms with Crippen LogP contribution in [0, 0.1) is 0 Å². The van der Waals surface area contributed by atoms with Crippen LogP contribution in [0.3, 0.4) is 0 Å². The summed E-state index contributed by atoms with van der Waals surface area (Å²) >= 11 is 0. The van der Waals surface area contributed by atoms with E-state index < -0.39 is 36.3 Å². The number of carbonyl (C=O) groups excluding carboxylic acids is 7. The molecular weight excluding hydrogens is 644 g/mol. The number of nitrogens with zero attached hydrogens (tertiary/aromatic N) is 6. The van der Waals surface area contributed by atoms with Gasteiger partial charge in [-0.1, -0.05) is 6.92 Å². The minimum Gasteiger partial charge on any atom is -0.354 e. The summed E-state index contributed by atoms with van der Waals surface area (Å²) in [5.41, 5.74) is 0. The van der Waals surface area contributed by atoms with Crippen molar-refractivity contribution in [3.8, 4) is 0 Å². The van der Waals surface area contributed by atoms with Crippen LogP contribution in [-0.2, 0) is 28.8 Å². The summed E-state index contributed by atoms with van der Waals surface area (Å²) in [7, 11) is 1.54. The van der Waals surface area contributed by atoms with Crippen molar-refractivity contribution in [3.63, 3.8) is 0 Å². The molecule has 2 N–H and O–H groups in total. The van der Waals surface area contributed by atoms with Crippen LogP contribution in [0.5, 0.6) is 0 Å². The molecule has 0 aromatic rings. The molecule has 276 valence electrons. The van der Waals surface area contributed by atoms with E-state index in [0.29, 0.717) is 110 Å². The number of rotatable bonds is 8. The van der Waals surface area contributed by atoms with Crippen molar-refractivity contribution in [2.24, 2.45) is 0 Å². The lowest BCUT2D eigenvalue weighted by atomic mass is 10.1. The van der Waals surface area contributed by atoms with E-state index in [0.717, 1.165) is 19.3 Å². The number of carbonyl (C=O) groups is 7. The maximum atomic E-state index is 14.2. The van der Waals surface area contributed by atoms with E-state index in [9.17, 15) is 33.6 Å². The highest BCUT2D eigenvalue weighted by molar-refractivity contribution is 5.98. The van der Waals surface area contributed by atoms with E-state index in [-0.39, 0.29) is 41.5 Å². The van der Waals surface area contributed by atoms with Crippen LogP contribution >= 0.6 is 0 Å². The summed E-state index contributed by atoms with van der Waals surface area (Å²) in [5, 5.41) is 5.52. The average Bonchev–Trinajstić information content (AvgIpc) is 3.98. The summed E-state index contributed by atoms with van der Waals surface area (Å²) in [6.07, 6.45) is 8.04. The highest BCUT2D eigenvalue weighted by atomic mass is 16.2. The Morgan fingerprint density at radius 1 is 0.460 bits per heavy atom. The summed E-state index contributed by atoms with van der Waals surface area (Å²) in [5.74, 6) is -1.29. The monoisotopic (exact) mass is 698 g/mol. The molecule has 6 fully saturated rings. The summed E-state index contributed by atoms with van der Waals surface area (Å²) in [6, 6.07) is -4.21. The van der Waals surface area contributed by atoms with Crippen molar-refractivity contribution in [1.29, 1.82) is 0 Å². The fourth-order valence-corrected chi connectivity index (χ4v) is 9.19. The van der Waals surface area contributed by atoms with Gasteiger partial charge in [0.2, 0.25) is 35.4 Å². The molecule has 0 aromatic carbocycles. The van der Waals surface area contributed by atoms with Gasteiger partial charge in [-0.2, -0.15) is 0 Å². The quantitative estimate of drug-likeness (QED) is 0.368. The van der Waals surface area contributed by atoms with Crippen LogP contribution in [0.1, 0.15) is 90.4 Å². The second kappa shape index (κ2) is 15.5. The molecular formula is C35H54N8O7. The summed E-state index contributed by atoms with van der Waals surface area (Å²) < 4.78 is 0. The Hall–Kier alpha value is -3.91. The first-order valence-corrected chi connectivity index (χ1v) is 19.0. The second-order valence-corrected chi connectivity index (χ2v) is 14.6. The number of hydrogen-bond acceptors (Lipinski definition) is 7. The Morgan fingerprint density at radius 3 is 1.06 bits per heavy atom. The summed E-state index contributed by atoms with van der Waals surface area (Å²) in [6.45, 7) is 5.16. The minimum absolute atomic E-state index is 0.147. The van der Waals surface area contributed by atoms with Gasteiger partial charge >= 0.3 is 6.03 Å². The number of amides is 8. The fourth-order valence-electron chi connectivity index (χ4n) is 9.19. The van der Waals surface area contributed by atoms with Crippen molar-refractivity contribution in [2.75, 3.05) is 52.9 Å². The third-order valence-corrected chi connectivity index (χ3v) is 11.7. The van der Waals surface area contributed by atoms with Crippen molar-refractivity contribution in [3.05, 3.63) is 0 Å². The average molecular weight is 699 g/mol. The summed E-state index contributed by atoms with van der Waals surface area (Å²) in [4.78, 5) is 105. The van der Waals surface area contributed by atoms with E-state index in [4.69, 9.17) is 0 Å². The minimum atomic E-state index is -0.717. The number of urea groups is 1. The van der Waals surface area contributed by atoms with Crippen molar-refractivity contribution >= 4 is 41.5 Å². The first kappa shape index (κ1) is 35.9. The van der Waals surface area contributed by atoms with E-state index in [1.54, 1.807) is 29.4 Å². The molecule has 15 heteroatoms. The standard InChI is InChI=1S/C35H54N8O7/c1-3-16-37-29(44)23-10-4-17-38(23)30(45)24-11-5-18-39(24)31(46)25-12-6-19-40(25)32(47)26-13-7-20-41(26)33(48)27-14-8-21-42(27)34(49)28-15-9-22-43(28)35(50)36-2/h23-28H,3-22H2,1-2H3,(H,36,50)(H,37,44)/t23-,24-,25-,26-,27-,28-/m1/s1. The first-order chi connectivity index (χ1) is 24.2. The number of nitrogens with one attached hydrogen (secondary N) is 2. The van der Waals surface area contributed by atoms with Gasteiger partial charge in [-0.05, 0) is 83.5 Å². The molecule has 0 radical (unpaired) electrons. The molecule has 0 bridgehead atoms. The van der Waals surface area contributed by atoms with Gasteiger partial charge in [-0.25, -0.2) is 4.79 Å². The molecule has 0 unspecified atom stereocenters. The molecule has 50 heavy (non-hydrogen) atoms. The Kier molecular flexibility index (Phi) is 11.2. The highest BCUT2D eigenvalue weighted by Crippen LogP contribution is 2.32. The van der Waals surface area contributed by atoms with Gasteiger partial charge in [-0.15, -0.1) is 0 Å². The predicted octanol–water partition coefficient (Wildman–Crippen LogP) is 0.271. The molecule has 0 saturated carbocycles. The molecule has 0 aliphatic carbocycles. The molecule has 15 nitrogen and oxygen atoms in total. The number of hydrogen-bond donors (Lipinski definition) is 2. The maximum absolute atomic E-state index is 14.2. The largest absolute Gasteiger partial charge is 0.354 e. The topological polar surface area (TPSA) is 163 Å². The van der Waals surface area contributed by atoms with Crippen molar-refractivity contribution in [2.45, 2.75) is 127 Å². The smallest absolute Gasteiger partial charge is 0.317 e. The molecule has 6 rings (SSSR count). The van der Waals surface area contributed by atoms with Crippen LogP contribution in [-0.4, -0.2) is 160 Å². The Morgan fingerprint density at radius 2 is 0.740 bits per heavy atom. The van der Waals surface area contributed by atoms with Crippen LogP contribution in [0.15, 0.2) is 0 Å². The lowest BCUT2D eigenvalue weighted by Gasteiger charge is -2.36. The van der Waals surface area contributed by atoms with Crippen LogP contribution in [0.2, 0.25) is 0 Å². The van der Waals surface area contributed by atoms with Gasteiger partial charge in [-0.3, -0.25) is 28.8 Å². The maximum Gasteiger partial charge on any atom is 0.317 e. The predicted molar refractivity (Wildman–Crippen MR) is 181 cm³/mol. The van der Waals surface area contributed by atoms with Crippen LogP contribution in [0.4, 0.5) is 4.79 Å². The lowest BCUT2D eigenvalue weighted by molar-refractivity contribution is -0.154. The van der Waals surface area contributed by atoms with Crippen molar-refractivity contribution < 1.29 is 33.6 Å². The zero-order chi connectivity index (χ0) is 35.5. The highest BCUT2D eigenvalue weighted by Gasteiger charge is 2.49. The number of likely N-dealkylation sites (tertiary alicyclic amines) is 6. The SMILES string of the molecule is CCCNC(=O)[C@H]1CCCN1C(=O)[C@H]1CCCN1C(=O)[C@H]1CCCN1C(=O)[C@H]1CCCN1C(=O)[C@H]1CCCN1C(=O)[C@H]1CCCN1C(=O)NC. The molecule has 6 aliphatic heterocycles. The van der Waals surface area contributed by atoms with Gasteiger partial charge in [0, 0.05) is 52.9 Å².